The van der Waals surface area contributed by atoms with Crippen LogP contribution in [0.3, 0.4) is 0 Å². The summed E-state index contributed by atoms with van der Waals surface area (Å²) in [6.07, 6.45) is 25.8. The first kappa shape index (κ1) is 95.5. The maximum atomic E-state index is 15.0. The van der Waals surface area contributed by atoms with Crippen molar-refractivity contribution in [2.45, 2.75) is 224 Å². The van der Waals surface area contributed by atoms with E-state index in [1.165, 1.54) is 21.3 Å². The fourth-order valence-corrected chi connectivity index (χ4v) is 18.3. The Morgan fingerprint density at radius 3 is 1.33 bits per heavy atom. The number of methoxy groups -OCH3 is 4. The van der Waals surface area contributed by atoms with Gasteiger partial charge in [0.15, 0.2) is 0 Å². The maximum Gasteiger partial charge on any atom is 0.328 e. The molecule has 12 heterocycles. The molecular formula is C96H115N12O20-. The lowest BCUT2D eigenvalue weighted by atomic mass is 9.84. The van der Waals surface area contributed by atoms with Gasteiger partial charge in [0, 0.05) is 131 Å². The molecule has 0 radical (unpaired) electrons. The minimum Gasteiger partial charge on any atom is -0.550 e. The molecule has 0 fully saturated rings. The van der Waals surface area contributed by atoms with Gasteiger partial charge in [0.05, 0.1) is 115 Å². The molecule has 7 N–H and O–H groups in total. The molecule has 32 heteroatoms. The highest BCUT2D eigenvalue weighted by atomic mass is 16.5. The van der Waals surface area contributed by atoms with Crippen LogP contribution in [-0.4, -0.2) is 181 Å². The molecule has 8 aliphatic heterocycles. The number of fused-ring (bicyclic) bond motifs is 4. The number of rotatable bonds is 36. The molecule has 32 nitrogen and oxygen atoms in total. The van der Waals surface area contributed by atoms with E-state index in [9.17, 15) is 72.9 Å². The predicted octanol–water partition coefficient (Wildman–Crippen LogP) is 8.31. The van der Waals surface area contributed by atoms with Crippen LogP contribution in [0.1, 0.15) is 248 Å². The number of unbranched alkanes of at least 4 members (excludes halogenated alkanes) is 4. The van der Waals surface area contributed by atoms with Crippen LogP contribution in [0.4, 0.5) is 0 Å². The maximum absolute atomic E-state index is 15.0. The molecular weight excluding hydrogens is 1640 g/mol. The molecule has 0 saturated carbocycles. The van der Waals surface area contributed by atoms with Gasteiger partial charge in [0.25, 0.3) is 11.8 Å². The van der Waals surface area contributed by atoms with E-state index in [2.05, 4.69) is 124 Å². The molecule has 0 spiro atoms. The number of aliphatic imine (C=N–C) groups is 4. The Kier molecular flexibility index (Phi) is 31.0. The number of aromatic nitrogens is 4. The average Bonchev–Trinajstić information content (AvgIpc) is 1.57. The summed E-state index contributed by atoms with van der Waals surface area (Å²) in [5.74, 6) is -11.9. The van der Waals surface area contributed by atoms with Crippen LogP contribution in [0.2, 0.25) is 0 Å². The summed E-state index contributed by atoms with van der Waals surface area (Å²) < 4.78 is 28.2. The number of hydrogen-bond acceptors (Lipinski definition) is 21. The minimum atomic E-state index is -1.68. The summed E-state index contributed by atoms with van der Waals surface area (Å²) in [6.45, 7) is 24.2. The quantitative estimate of drug-likeness (QED) is 0.0128. The van der Waals surface area contributed by atoms with Crippen molar-refractivity contribution in [3.05, 3.63) is 146 Å². The number of aliphatic carboxylic acids is 4. The fourth-order valence-electron chi connectivity index (χ4n) is 18.3. The SMILES string of the molecule is CCCC/C=C/c1c(C)c2n3c1=CC1=NC(=Cc4c(C)c(C(=O)NCCC(=O)N[C@@H](CC(=O)O)C(=O)O)c(n4C3)C(CC(=O)[O-])=C3N=C(C=2)[C@@H](C)[C@@H]3CCC(=O)O)C(CC)=C1C.CCCC/C=C/c1c(C)c2n3c1=CC1=NC(=Cc4c(C)c(C(=O)NCCC(=O)N[C@@H](CC(=O)OC)C(=O)OC)c(n4C3)C(CC(=O)OC)=C3N=C(C=2)[C@@H](C)[C@@H]3CCC(=O)OC)C(CC)=C1C. The predicted molar refractivity (Wildman–Crippen MR) is 482 cm³/mol. The van der Waals surface area contributed by atoms with Gasteiger partial charge in [0.1, 0.15) is 25.4 Å². The number of carbonyl (C=O) groups excluding carboxylic acids is 9. The summed E-state index contributed by atoms with van der Waals surface area (Å²) in [6, 6.07) is -2.97. The Labute approximate surface area is 742 Å². The second-order valence-electron chi connectivity index (χ2n) is 33.1. The van der Waals surface area contributed by atoms with Crippen molar-refractivity contribution in [2.75, 3.05) is 41.5 Å². The summed E-state index contributed by atoms with van der Waals surface area (Å²) in [5.41, 5.74) is 17.5. The lowest BCUT2D eigenvalue weighted by molar-refractivity contribution is -0.304. The highest BCUT2D eigenvalue weighted by Crippen LogP contribution is 2.47. The fraction of sp³-hybridized carbons (Fsp3) is 0.458. The molecule has 8 aliphatic rings. The standard InChI is InChI=1S/C50H62N6O10.C46H54N6O10/c1-11-13-14-15-16-32-29(5)39-22-36-28(4)33(17-18-43(58)63-7)47(54-36)34(21-44(59)64-8)48-46(49(61)51-20-19-42(57)53-38(50(62)66-10)25-45(60)65-9)30(6)40-24-37-31(12-2)27(3)35(52-37)23-41(32)55(39)26-56(40)48;1-7-9-10-11-12-28-25(5)35-18-32-24(4)29(13-14-39(54)55)43(50-32)30(17-40(56)57)44-42(45(60)47-16-15-38(53)49-34(46(61)62)21-41(58)59)26(6)36-20-33-27(8-2)23(3)31(48-33)19-37(28)51(35)22-52(36)44/h15-16,22-24,28,33,38H,11-14,17-21,25-26H2,1-10H3,(H,51,61)(H,53,57);11-12,18-20,24,29,34H,7-10,13-17,21-22H2,1-6H3,(H,47,60)(H,49,53)(H,54,55)(H,56,57)(H,58,59)(H,61,62)/p-1/b16-15+,35-23?,36-22?,37-24?,39-22?,40-24?,41-23?,47-34?,48-34?;12-11+,31-19?,32-18?,33-20?,35-18?,36-20?,37-19?,43-30?,44-30?/t28-,33-,38-;24-,29-,34-/m00/s1. The van der Waals surface area contributed by atoms with E-state index in [1.54, 1.807) is 6.92 Å². The third kappa shape index (κ3) is 20.1. The van der Waals surface area contributed by atoms with Gasteiger partial charge < -0.3 is 83.7 Å². The zero-order valence-corrected chi connectivity index (χ0v) is 75.7. The van der Waals surface area contributed by atoms with Crippen LogP contribution in [0.25, 0.3) is 59.8 Å². The van der Waals surface area contributed by atoms with Gasteiger partial charge in [-0.2, -0.15) is 0 Å². The number of amides is 4. The first-order valence-corrected chi connectivity index (χ1v) is 43.7. The molecule has 12 bridgehead atoms. The normalized spacial score (nSPS) is 17.8. The highest BCUT2D eigenvalue weighted by Gasteiger charge is 2.42. The Balaban J connectivity index is 0.000000248. The lowest BCUT2D eigenvalue weighted by Gasteiger charge is -2.23. The Hall–Kier alpha value is -13.2. The largest absolute Gasteiger partial charge is 0.550 e. The van der Waals surface area contributed by atoms with Crippen LogP contribution < -0.4 is 47.8 Å². The summed E-state index contributed by atoms with van der Waals surface area (Å²) in [4.78, 5) is 175. The second kappa shape index (κ2) is 41.5. The van der Waals surface area contributed by atoms with Gasteiger partial charge in [0.2, 0.25) is 11.8 Å². The topological polar surface area (TPSA) is 443 Å². The van der Waals surface area contributed by atoms with Crippen molar-refractivity contribution >= 4 is 154 Å². The van der Waals surface area contributed by atoms with E-state index >= 15 is 0 Å². The van der Waals surface area contributed by atoms with Crippen LogP contribution in [0.15, 0.2) is 77.2 Å². The minimum absolute atomic E-state index is 0.0966. The Morgan fingerprint density at radius 2 is 0.930 bits per heavy atom. The highest BCUT2D eigenvalue weighted by molar-refractivity contribution is 6.25. The van der Waals surface area contributed by atoms with E-state index in [0.717, 1.165) is 134 Å². The van der Waals surface area contributed by atoms with Gasteiger partial charge in [-0.05, 0) is 161 Å². The monoisotopic (exact) mass is 1760 g/mol. The van der Waals surface area contributed by atoms with Crippen molar-refractivity contribution in [2.24, 2.45) is 43.6 Å². The molecule has 128 heavy (non-hydrogen) atoms. The summed E-state index contributed by atoms with van der Waals surface area (Å²) >= 11 is 0. The Bertz CT molecular complexity index is 5980. The van der Waals surface area contributed by atoms with Gasteiger partial charge >= 0.3 is 41.8 Å². The van der Waals surface area contributed by atoms with E-state index in [-0.39, 0.29) is 105 Å². The Morgan fingerprint density at radius 1 is 0.492 bits per heavy atom. The van der Waals surface area contributed by atoms with E-state index in [1.807, 2.05) is 57.4 Å². The molecule has 4 aromatic rings. The van der Waals surface area contributed by atoms with Gasteiger partial charge in [-0.1, -0.05) is 91.5 Å². The van der Waals surface area contributed by atoms with Crippen LogP contribution in [0.5, 0.6) is 0 Å². The molecule has 0 unspecified atom stereocenters. The molecule has 4 aromatic heterocycles. The second-order valence-corrected chi connectivity index (χ2v) is 33.1. The first-order valence-electron chi connectivity index (χ1n) is 43.7. The number of allylic oxidation sites excluding steroid dienone is 8. The number of esters is 4. The average molecular weight is 1760 g/mol. The third-order valence-electron chi connectivity index (χ3n) is 25.3. The molecule has 0 aromatic carbocycles. The van der Waals surface area contributed by atoms with Crippen LogP contribution in [0, 0.1) is 51.4 Å². The van der Waals surface area contributed by atoms with Crippen LogP contribution in [-0.2, 0) is 80.2 Å². The number of carboxylic acid groups (broad SMARTS) is 4. The van der Waals surface area contributed by atoms with Crippen molar-refractivity contribution in [3.63, 3.8) is 0 Å². The number of carboxylic acids is 4. The smallest absolute Gasteiger partial charge is 0.328 e. The zero-order chi connectivity index (χ0) is 93.1. The number of nitrogens with zero attached hydrogens (tertiary/aromatic N) is 8. The van der Waals surface area contributed by atoms with E-state index in [4.69, 9.17) is 39.3 Å². The molecule has 0 saturated heterocycles. The lowest BCUT2D eigenvalue weighted by Crippen LogP contribution is -2.44. The van der Waals surface area contributed by atoms with Crippen molar-refractivity contribution in [1.82, 2.24) is 39.5 Å². The zero-order valence-electron chi connectivity index (χ0n) is 75.7. The van der Waals surface area contributed by atoms with Crippen molar-refractivity contribution < 1.29 is 96.9 Å². The molecule has 6 atom stereocenters. The number of hydrogen-bond donors (Lipinski definition) is 7. The number of nitrogens with one attached hydrogen (secondary N) is 4. The van der Waals surface area contributed by atoms with Gasteiger partial charge in [-0.25, -0.2) is 19.6 Å². The third-order valence-corrected chi connectivity index (χ3v) is 25.3. The summed E-state index contributed by atoms with van der Waals surface area (Å²) in [5, 5.41) is 55.1. The molecule has 12 rings (SSSR count). The van der Waals surface area contributed by atoms with E-state index in [0.29, 0.717) is 75.8 Å². The van der Waals surface area contributed by atoms with E-state index < -0.39 is 109 Å². The summed E-state index contributed by atoms with van der Waals surface area (Å²) in [7, 11) is 4.98. The van der Waals surface area contributed by atoms with Crippen molar-refractivity contribution in [3.8, 4) is 0 Å². The number of ether oxygens (including phenoxy) is 4. The van der Waals surface area contributed by atoms with Gasteiger partial charge in [-0.15, -0.1) is 0 Å². The molecule has 0 aliphatic carbocycles. The number of carbonyl (C=O) groups is 12. The van der Waals surface area contributed by atoms with Gasteiger partial charge in [-0.3, -0.25) is 53.1 Å². The molecule has 680 valence electrons. The first-order chi connectivity index (χ1) is 61.1. The van der Waals surface area contributed by atoms with Crippen molar-refractivity contribution in [1.29, 1.82) is 0 Å². The van der Waals surface area contributed by atoms with Crippen LogP contribution >= 0.6 is 0 Å². The molecule has 4 amide bonds.